The highest BCUT2D eigenvalue weighted by Crippen LogP contribution is 2.32. The molecule has 1 amide bonds. The molecule has 1 aromatic rings. The maximum absolute atomic E-state index is 13.8. The minimum absolute atomic E-state index is 0.690. The lowest BCUT2D eigenvalue weighted by Crippen LogP contribution is -2.50. The standard InChI is InChI=1S/C11H10F3NO3/c1-6(16)15-9(10(17)18)11(13,14)7-2-4-8(12)5-3-7/h2-5,9H,1H3,(H,15,16)(H,17,18). The molecule has 0 aliphatic heterocycles. The second-order valence-electron chi connectivity index (χ2n) is 3.60. The van der Waals surface area contributed by atoms with E-state index in [1.54, 1.807) is 5.32 Å². The fraction of sp³-hybridized carbons (Fsp3) is 0.273. The van der Waals surface area contributed by atoms with Crippen molar-refractivity contribution in [2.24, 2.45) is 0 Å². The number of hydrogen-bond donors (Lipinski definition) is 2. The second-order valence-corrected chi connectivity index (χ2v) is 3.60. The number of carboxylic acids is 1. The van der Waals surface area contributed by atoms with Crippen molar-refractivity contribution in [3.05, 3.63) is 35.6 Å². The number of benzene rings is 1. The van der Waals surface area contributed by atoms with Gasteiger partial charge in [0.1, 0.15) is 5.82 Å². The number of alkyl halides is 2. The molecule has 2 N–H and O–H groups in total. The molecule has 0 saturated heterocycles. The molecular weight excluding hydrogens is 251 g/mol. The zero-order valence-corrected chi connectivity index (χ0v) is 9.28. The lowest BCUT2D eigenvalue weighted by molar-refractivity contribution is -0.154. The van der Waals surface area contributed by atoms with Gasteiger partial charge in [-0.3, -0.25) is 4.79 Å². The Balaban J connectivity index is 3.11. The maximum Gasteiger partial charge on any atom is 0.332 e. The predicted molar refractivity (Wildman–Crippen MR) is 55.5 cm³/mol. The largest absolute Gasteiger partial charge is 0.480 e. The molecule has 1 atom stereocenters. The van der Waals surface area contributed by atoms with E-state index in [-0.39, 0.29) is 0 Å². The van der Waals surface area contributed by atoms with Gasteiger partial charge < -0.3 is 10.4 Å². The number of carbonyl (C=O) groups is 2. The van der Waals surface area contributed by atoms with Gasteiger partial charge in [-0.15, -0.1) is 0 Å². The summed E-state index contributed by atoms with van der Waals surface area (Å²) >= 11 is 0. The molecule has 18 heavy (non-hydrogen) atoms. The van der Waals surface area contributed by atoms with Crippen LogP contribution in [0.25, 0.3) is 0 Å². The van der Waals surface area contributed by atoms with Crippen LogP contribution in [0, 0.1) is 5.82 Å². The third-order valence-electron chi connectivity index (χ3n) is 2.19. The topological polar surface area (TPSA) is 66.4 Å². The van der Waals surface area contributed by atoms with Crippen LogP contribution in [0.3, 0.4) is 0 Å². The van der Waals surface area contributed by atoms with Crippen molar-refractivity contribution in [3.63, 3.8) is 0 Å². The lowest BCUT2D eigenvalue weighted by atomic mass is 10.0. The van der Waals surface area contributed by atoms with Gasteiger partial charge in [-0.1, -0.05) is 12.1 Å². The quantitative estimate of drug-likeness (QED) is 0.863. The molecule has 0 heterocycles. The summed E-state index contributed by atoms with van der Waals surface area (Å²) in [5.41, 5.74) is -0.690. The number of halogens is 3. The van der Waals surface area contributed by atoms with E-state index in [1.165, 1.54) is 0 Å². The molecule has 0 fully saturated rings. The van der Waals surface area contributed by atoms with E-state index in [9.17, 15) is 22.8 Å². The van der Waals surface area contributed by atoms with E-state index >= 15 is 0 Å². The van der Waals surface area contributed by atoms with Crippen LogP contribution in [0.15, 0.2) is 24.3 Å². The molecule has 0 aliphatic rings. The summed E-state index contributed by atoms with van der Waals surface area (Å²) in [5.74, 6) is -7.34. The third-order valence-corrected chi connectivity index (χ3v) is 2.19. The number of nitrogens with one attached hydrogen (secondary N) is 1. The van der Waals surface area contributed by atoms with Crippen molar-refractivity contribution in [2.75, 3.05) is 0 Å². The summed E-state index contributed by atoms with van der Waals surface area (Å²) in [7, 11) is 0. The van der Waals surface area contributed by atoms with E-state index in [1.807, 2.05) is 0 Å². The van der Waals surface area contributed by atoms with Crippen molar-refractivity contribution in [1.82, 2.24) is 5.32 Å². The van der Waals surface area contributed by atoms with Crippen LogP contribution >= 0.6 is 0 Å². The van der Waals surface area contributed by atoms with Crippen molar-refractivity contribution in [3.8, 4) is 0 Å². The molecule has 0 aliphatic carbocycles. The molecule has 0 bridgehead atoms. The summed E-state index contributed by atoms with van der Waals surface area (Å²) in [4.78, 5) is 21.5. The average molecular weight is 261 g/mol. The monoisotopic (exact) mass is 261 g/mol. The summed E-state index contributed by atoms with van der Waals surface area (Å²) < 4.78 is 40.3. The fourth-order valence-electron chi connectivity index (χ4n) is 1.35. The first-order chi connectivity index (χ1) is 8.25. The molecule has 4 nitrogen and oxygen atoms in total. The lowest BCUT2D eigenvalue weighted by Gasteiger charge is -2.24. The number of carboxylic acid groups (broad SMARTS) is 1. The van der Waals surface area contributed by atoms with Crippen molar-refractivity contribution in [2.45, 2.75) is 18.9 Å². The van der Waals surface area contributed by atoms with Gasteiger partial charge in [-0.05, 0) is 12.1 Å². The Kier molecular flexibility index (Phi) is 3.95. The van der Waals surface area contributed by atoms with Gasteiger partial charge in [0, 0.05) is 12.5 Å². The molecule has 0 aromatic heterocycles. The second kappa shape index (κ2) is 5.07. The zero-order valence-electron chi connectivity index (χ0n) is 9.28. The van der Waals surface area contributed by atoms with Gasteiger partial charge in [0.05, 0.1) is 0 Å². The van der Waals surface area contributed by atoms with Gasteiger partial charge in [0.15, 0.2) is 6.04 Å². The Labute approximate surface area is 100 Å². The summed E-state index contributed by atoms with van der Waals surface area (Å²) in [6.07, 6.45) is 0. The first kappa shape index (κ1) is 14.0. The number of hydrogen-bond acceptors (Lipinski definition) is 2. The van der Waals surface area contributed by atoms with Gasteiger partial charge in [-0.25, -0.2) is 9.18 Å². The van der Waals surface area contributed by atoms with Crippen LogP contribution in [-0.4, -0.2) is 23.0 Å². The zero-order chi connectivity index (χ0) is 13.9. The summed E-state index contributed by atoms with van der Waals surface area (Å²) in [6, 6.07) is 0.715. The number of carbonyl (C=O) groups excluding carboxylic acids is 1. The molecule has 7 heteroatoms. The first-order valence-electron chi connectivity index (χ1n) is 4.89. The fourth-order valence-corrected chi connectivity index (χ4v) is 1.35. The Hall–Kier alpha value is -2.05. The van der Waals surface area contributed by atoms with Crippen molar-refractivity contribution in [1.29, 1.82) is 0 Å². The Morgan fingerprint density at radius 1 is 1.28 bits per heavy atom. The van der Waals surface area contributed by atoms with E-state index in [0.29, 0.717) is 0 Å². The van der Waals surface area contributed by atoms with Crippen LogP contribution in [0.5, 0.6) is 0 Å². The minimum Gasteiger partial charge on any atom is -0.480 e. The van der Waals surface area contributed by atoms with Crippen LogP contribution in [-0.2, 0) is 15.5 Å². The third kappa shape index (κ3) is 2.99. The SMILES string of the molecule is CC(=O)NC(C(=O)O)C(F)(F)c1ccc(F)cc1. The van der Waals surface area contributed by atoms with Gasteiger partial charge in [0.2, 0.25) is 5.91 Å². The number of aliphatic carboxylic acids is 1. The Bertz CT molecular complexity index is 459. The molecule has 98 valence electrons. The Morgan fingerprint density at radius 3 is 2.17 bits per heavy atom. The minimum atomic E-state index is -3.84. The van der Waals surface area contributed by atoms with E-state index in [4.69, 9.17) is 5.11 Å². The van der Waals surface area contributed by atoms with Gasteiger partial charge in [-0.2, -0.15) is 8.78 Å². The molecular formula is C11H10F3NO3. The van der Waals surface area contributed by atoms with E-state index in [2.05, 4.69) is 0 Å². The van der Waals surface area contributed by atoms with Gasteiger partial charge >= 0.3 is 11.9 Å². The predicted octanol–water partition coefficient (Wildman–Crippen LogP) is 1.51. The smallest absolute Gasteiger partial charge is 0.332 e. The van der Waals surface area contributed by atoms with Crippen LogP contribution in [0.2, 0.25) is 0 Å². The highest BCUT2D eigenvalue weighted by molar-refractivity contribution is 5.83. The van der Waals surface area contributed by atoms with Crippen molar-refractivity contribution < 1.29 is 27.9 Å². The van der Waals surface area contributed by atoms with E-state index < -0.39 is 35.2 Å². The molecule has 0 saturated carbocycles. The summed E-state index contributed by atoms with van der Waals surface area (Å²) in [5, 5.41) is 10.4. The van der Waals surface area contributed by atoms with E-state index in [0.717, 1.165) is 31.2 Å². The normalized spacial score (nSPS) is 12.9. The number of rotatable bonds is 4. The van der Waals surface area contributed by atoms with Crippen molar-refractivity contribution >= 4 is 11.9 Å². The van der Waals surface area contributed by atoms with Gasteiger partial charge in [0.25, 0.3) is 0 Å². The molecule has 0 radical (unpaired) electrons. The summed E-state index contributed by atoms with van der Waals surface area (Å²) in [6.45, 7) is 0.927. The molecule has 1 aromatic carbocycles. The van der Waals surface area contributed by atoms with Crippen LogP contribution in [0.1, 0.15) is 12.5 Å². The molecule has 1 unspecified atom stereocenters. The van der Waals surface area contributed by atoms with Crippen LogP contribution in [0.4, 0.5) is 13.2 Å². The highest BCUT2D eigenvalue weighted by Gasteiger charge is 2.46. The molecule has 0 spiro atoms. The first-order valence-corrected chi connectivity index (χ1v) is 4.89. The number of amides is 1. The highest BCUT2D eigenvalue weighted by atomic mass is 19.3. The maximum atomic E-state index is 13.8. The Morgan fingerprint density at radius 2 is 1.78 bits per heavy atom. The average Bonchev–Trinajstić information content (AvgIpc) is 2.25. The van der Waals surface area contributed by atoms with Crippen LogP contribution < -0.4 is 5.32 Å². The molecule has 1 rings (SSSR count).